The minimum absolute atomic E-state index is 0.0158. The monoisotopic (exact) mass is 470 g/mol. The maximum Gasteiger partial charge on any atom is 0.241 e. The molecule has 152 valence electrons. The van der Waals surface area contributed by atoms with Crippen molar-refractivity contribution < 1.29 is 13.2 Å². The molecular weight excluding hydrogens is 455 g/mol. The second-order valence-corrected chi connectivity index (χ2v) is 9.89. The second-order valence-electron chi connectivity index (χ2n) is 6.09. The highest BCUT2D eigenvalue weighted by Gasteiger charge is 2.22. The summed E-state index contributed by atoms with van der Waals surface area (Å²) in [4.78, 5) is 12.4. The zero-order chi connectivity index (χ0) is 21.0. The van der Waals surface area contributed by atoms with Gasteiger partial charge in [-0.15, -0.1) is 10.2 Å². The van der Waals surface area contributed by atoms with Gasteiger partial charge in [-0.25, -0.2) is 8.42 Å². The summed E-state index contributed by atoms with van der Waals surface area (Å²) in [5, 5.41) is 12.5. The van der Waals surface area contributed by atoms with Crippen LogP contribution in [0.1, 0.15) is 5.56 Å². The first kappa shape index (κ1) is 21.7. The van der Waals surface area contributed by atoms with Gasteiger partial charge < -0.3 is 0 Å². The number of carbonyl (C=O) groups is 1. The maximum absolute atomic E-state index is 12.4. The van der Waals surface area contributed by atoms with E-state index in [2.05, 4.69) is 15.5 Å². The lowest BCUT2D eigenvalue weighted by atomic mass is 10.2. The van der Waals surface area contributed by atoms with Crippen LogP contribution in [0.2, 0.25) is 10.0 Å². The van der Waals surface area contributed by atoms with E-state index in [1.165, 1.54) is 11.3 Å². The van der Waals surface area contributed by atoms with E-state index in [1.807, 2.05) is 0 Å². The number of benzene rings is 2. The molecule has 0 spiro atoms. The Morgan fingerprint density at radius 2 is 1.79 bits per heavy atom. The molecule has 0 aliphatic rings. The molecule has 0 saturated carbocycles. The van der Waals surface area contributed by atoms with Gasteiger partial charge >= 0.3 is 0 Å². The Hall–Kier alpha value is -2.04. The van der Waals surface area contributed by atoms with Crippen molar-refractivity contribution in [2.75, 3.05) is 18.1 Å². The molecule has 3 rings (SSSR count). The maximum atomic E-state index is 12.4. The predicted octanol–water partition coefficient (Wildman–Crippen LogP) is 3.91. The van der Waals surface area contributed by atoms with Crippen molar-refractivity contribution in [1.82, 2.24) is 14.5 Å². The highest BCUT2D eigenvalue weighted by atomic mass is 35.5. The van der Waals surface area contributed by atoms with Gasteiger partial charge in [0, 0.05) is 22.2 Å². The van der Waals surface area contributed by atoms with Crippen molar-refractivity contribution >= 4 is 55.6 Å². The predicted molar refractivity (Wildman–Crippen MR) is 116 cm³/mol. The first-order chi connectivity index (χ1) is 13.7. The van der Waals surface area contributed by atoms with Crippen LogP contribution in [0.5, 0.6) is 0 Å². The summed E-state index contributed by atoms with van der Waals surface area (Å²) in [7, 11) is -3.64. The van der Waals surface area contributed by atoms with Gasteiger partial charge in [0.05, 0.1) is 12.8 Å². The van der Waals surface area contributed by atoms with Gasteiger partial charge in [0.1, 0.15) is 5.01 Å². The molecule has 1 amide bonds. The molecule has 11 heteroatoms. The lowest BCUT2D eigenvalue weighted by molar-refractivity contribution is -0.116. The molecule has 7 nitrogen and oxygen atoms in total. The number of amides is 1. The minimum atomic E-state index is -3.64. The number of carbonyl (C=O) groups excluding carboxylic acids is 1. The second kappa shape index (κ2) is 9.19. The van der Waals surface area contributed by atoms with Crippen LogP contribution in [0.4, 0.5) is 5.13 Å². The van der Waals surface area contributed by atoms with Crippen molar-refractivity contribution in [3.8, 4) is 10.6 Å². The van der Waals surface area contributed by atoms with E-state index in [0.29, 0.717) is 20.6 Å². The normalized spacial score (nSPS) is 11.6. The molecular formula is C18H16Cl2N4O3S2. The van der Waals surface area contributed by atoms with Gasteiger partial charge in [-0.3, -0.25) is 10.1 Å². The molecule has 0 unspecified atom stereocenters. The van der Waals surface area contributed by atoms with Crippen LogP contribution < -0.4 is 5.32 Å². The van der Waals surface area contributed by atoms with Crippen molar-refractivity contribution in [3.63, 3.8) is 0 Å². The fourth-order valence-corrected chi connectivity index (χ4v) is 4.22. The van der Waals surface area contributed by atoms with E-state index in [0.717, 1.165) is 16.1 Å². The van der Waals surface area contributed by atoms with Crippen LogP contribution in [0, 0.1) is 0 Å². The Morgan fingerprint density at radius 3 is 2.45 bits per heavy atom. The van der Waals surface area contributed by atoms with Crippen molar-refractivity contribution in [1.29, 1.82) is 0 Å². The van der Waals surface area contributed by atoms with Gasteiger partial charge in [-0.2, -0.15) is 4.31 Å². The summed E-state index contributed by atoms with van der Waals surface area (Å²) in [6.45, 7) is -0.391. The summed E-state index contributed by atoms with van der Waals surface area (Å²) in [5.74, 6) is -0.527. The number of sulfonamides is 1. The number of rotatable bonds is 7. The van der Waals surface area contributed by atoms with E-state index in [-0.39, 0.29) is 18.2 Å². The lowest BCUT2D eigenvalue weighted by Crippen LogP contribution is -2.37. The number of hydrogen-bond acceptors (Lipinski definition) is 6. The van der Waals surface area contributed by atoms with E-state index in [1.54, 1.807) is 48.5 Å². The third-order valence-electron chi connectivity index (χ3n) is 3.86. The number of hydrogen-bond donors (Lipinski definition) is 1. The number of halogens is 2. The summed E-state index contributed by atoms with van der Waals surface area (Å²) in [6, 6.07) is 13.9. The van der Waals surface area contributed by atoms with Crippen molar-refractivity contribution in [3.05, 3.63) is 64.1 Å². The largest absolute Gasteiger partial charge is 0.299 e. The Morgan fingerprint density at radius 1 is 1.10 bits per heavy atom. The molecule has 0 bridgehead atoms. The van der Waals surface area contributed by atoms with Gasteiger partial charge in [0.2, 0.25) is 21.1 Å². The Bertz CT molecular complexity index is 1120. The van der Waals surface area contributed by atoms with Gasteiger partial charge in [0.25, 0.3) is 0 Å². The van der Waals surface area contributed by atoms with Crippen molar-refractivity contribution in [2.45, 2.75) is 6.54 Å². The van der Waals surface area contributed by atoms with Crippen LogP contribution in [0.25, 0.3) is 10.6 Å². The zero-order valence-corrected chi connectivity index (χ0v) is 18.3. The van der Waals surface area contributed by atoms with Crippen LogP contribution in [-0.4, -0.2) is 41.6 Å². The Balaban J connectivity index is 1.69. The summed E-state index contributed by atoms with van der Waals surface area (Å²) in [6.07, 6.45) is 1.04. The average molecular weight is 471 g/mol. The summed E-state index contributed by atoms with van der Waals surface area (Å²) >= 11 is 13.2. The van der Waals surface area contributed by atoms with Crippen molar-refractivity contribution in [2.24, 2.45) is 0 Å². The van der Waals surface area contributed by atoms with Gasteiger partial charge in [0.15, 0.2) is 0 Å². The summed E-state index contributed by atoms with van der Waals surface area (Å²) in [5.41, 5.74) is 1.41. The van der Waals surface area contributed by atoms with Crippen LogP contribution in [-0.2, 0) is 21.4 Å². The zero-order valence-electron chi connectivity index (χ0n) is 15.2. The molecule has 0 aliphatic carbocycles. The minimum Gasteiger partial charge on any atom is -0.299 e. The molecule has 0 aliphatic heterocycles. The smallest absolute Gasteiger partial charge is 0.241 e. The van der Waals surface area contributed by atoms with Gasteiger partial charge in [-0.1, -0.05) is 64.9 Å². The van der Waals surface area contributed by atoms with E-state index >= 15 is 0 Å². The SMILES string of the molecule is CS(=O)(=O)N(CC(=O)Nc1nnc(-c2ccc(Cl)cc2)s1)Cc1ccccc1Cl. The highest BCUT2D eigenvalue weighted by Crippen LogP contribution is 2.27. The molecule has 2 aromatic carbocycles. The third kappa shape index (κ3) is 5.97. The Labute approximate surface area is 182 Å². The number of anilines is 1. The van der Waals surface area contributed by atoms with E-state index < -0.39 is 15.9 Å². The standard InChI is InChI=1S/C18H16Cl2N4O3S2/c1-29(26,27)24(10-13-4-2-3-5-15(13)20)11-16(25)21-18-23-22-17(28-18)12-6-8-14(19)9-7-12/h2-9H,10-11H2,1H3,(H,21,23,25). The first-order valence-electron chi connectivity index (χ1n) is 8.30. The van der Waals surface area contributed by atoms with Crippen LogP contribution in [0.15, 0.2) is 48.5 Å². The highest BCUT2D eigenvalue weighted by molar-refractivity contribution is 7.88. The van der Waals surface area contributed by atoms with E-state index in [9.17, 15) is 13.2 Å². The molecule has 0 saturated heterocycles. The molecule has 1 heterocycles. The van der Waals surface area contributed by atoms with Crippen LogP contribution >= 0.6 is 34.5 Å². The molecule has 0 fully saturated rings. The Kier molecular flexibility index (Phi) is 6.86. The summed E-state index contributed by atoms with van der Waals surface area (Å²) < 4.78 is 25.3. The topological polar surface area (TPSA) is 92.3 Å². The number of nitrogens with zero attached hydrogens (tertiary/aromatic N) is 3. The van der Waals surface area contributed by atoms with Gasteiger partial charge in [-0.05, 0) is 23.8 Å². The number of aromatic nitrogens is 2. The quantitative estimate of drug-likeness (QED) is 0.564. The average Bonchev–Trinajstić information content (AvgIpc) is 3.11. The van der Waals surface area contributed by atoms with Crippen LogP contribution in [0.3, 0.4) is 0 Å². The third-order valence-corrected chi connectivity index (χ3v) is 6.56. The molecule has 29 heavy (non-hydrogen) atoms. The first-order valence-corrected chi connectivity index (χ1v) is 11.7. The fourth-order valence-electron chi connectivity index (χ4n) is 2.41. The molecule has 3 aromatic rings. The fraction of sp³-hybridized carbons (Fsp3) is 0.167. The molecule has 0 radical (unpaired) electrons. The molecule has 1 aromatic heterocycles. The van der Waals surface area contributed by atoms with E-state index in [4.69, 9.17) is 23.2 Å². The molecule has 1 N–H and O–H groups in total. The number of nitrogens with one attached hydrogen (secondary N) is 1. The lowest BCUT2D eigenvalue weighted by Gasteiger charge is -2.19. The molecule has 0 atom stereocenters.